The highest BCUT2D eigenvalue weighted by Gasteiger charge is 2.15. The number of aromatic nitrogens is 3. The number of rotatable bonds is 11. The predicted molar refractivity (Wildman–Crippen MR) is 119 cm³/mol. The van der Waals surface area contributed by atoms with E-state index in [1.165, 1.54) is 6.07 Å². The number of aromatic amines is 1. The summed E-state index contributed by atoms with van der Waals surface area (Å²) in [5.41, 5.74) is 0.271. The van der Waals surface area contributed by atoms with Gasteiger partial charge in [-0.25, -0.2) is 19.3 Å². The number of H-pyrrole nitrogens is 1. The molecule has 2 N–H and O–H groups in total. The molecule has 0 aliphatic rings. The van der Waals surface area contributed by atoms with E-state index < -0.39 is 11.4 Å². The second kappa shape index (κ2) is 11.0. The Morgan fingerprint density at radius 3 is 2.47 bits per heavy atom. The zero-order chi connectivity index (χ0) is 22.9. The SMILES string of the molecule is C#CCOCCOCCOc1ccc(-n2c(=O)[nH]n(-c3cc(CC)ccc3O)c2=O)cc1. The van der Waals surface area contributed by atoms with E-state index in [9.17, 15) is 14.7 Å². The van der Waals surface area contributed by atoms with Gasteiger partial charge >= 0.3 is 11.4 Å². The molecule has 0 bridgehead atoms. The highest BCUT2D eigenvalue weighted by Crippen LogP contribution is 2.21. The molecule has 1 aromatic heterocycles. The van der Waals surface area contributed by atoms with E-state index in [-0.39, 0.29) is 18.0 Å². The second-order valence-electron chi connectivity index (χ2n) is 6.76. The van der Waals surface area contributed by atoms with Gasteiger partial charge in [0.15, 0.2) is 0 Å². The molecule has 0 aliphatic heterocycles. The summed E-state index contributed by atoms with van der Waals surface area (Å²) in [4.78, 5) is 25.3. The molecule has 0 saturated heterocycles. The minimum absolute atomic E-state index is 0.105. The van der Waals surface area contributed by atoms with Crippen molar-refractivity contribution in [3.63, 3.8) is 0 Å². The molecule has 0 fully saturated rings. The Kier molecular flexibility index (Phi) is 7.91. The standard InChI is InChI=1S/C23H25N3O6/c1-3-11-30-12-13-31-14-15-32-19-8-6-18(7-9-19)25-22(28)24-26(23(25)29)20-16-17(4-2)5-10-21(20)27/h1,5-10,16,27H,4,11-15H2,2H3,(H,24,28). The number of hydrogen-bond donors (Lipinski definition) is 2. The molecule has 168 valence electrons. The molecule has 0 spiro atoms. The lowest BCUT2D eigenvalue weighted by atomic mass is 10.1. The predicted octanol–water partition coefficient (Wildman–Crippen LogP) is 1.63. The van der Waals surface area contributed by atoms with Gasteiger partial charge in [-0.05, 0) is 48.4 Å². The molecule has 3 aromatic rings. The van der Waals surface area contributed by atoms with Crippen molar-refractivity contribution in [1.29, 1.82) is 0 Å². The summed E-state index contributed by atoms with van der Waals surface area (Å²) >= 11 is 0. The van der Waals surface area contributed by atoms with Gasteiger partial charge in [-0.15, -0.1) is 6.42 Å². The number of terminal acetylenes is 1. The Balaban J connectivity index is 1.66. The topological polar surface area (TPSA) is 108 Å². The molecule has 0 saturated carbocycles. The smallest absolute Gasteiger partial charge is 0.356 e. The first-order valence-electron chi connectivity index (χ1n) is 10.1. The van der Waals surface area contributed by atoms with E-state index in [2.05, 4.69) is 11.0 Å². The number of nitrogens with one attached hydrogen (secondary N) is 1. The lowest BCUT2D eigenvalue weighted by molar-refractivity contribution is 0.0462. The van der Waals surface area contributed by atoms with Gasteiger partial charge in [0.1, 0.15) is 30.4 Å². The van der Waals surface area contributed by atoms with Gasteiger partial charge < -0.3 is 19.3 Å². The largest absolute Gasteiger partial charge is 0.506 e. The van der Waals surface area contributed by atoms with E-state index in [0.29, 0.717) is 37.9 Å². The van der Waals surface area contributed by atoms with E-state index in [4.69, 9.17) is 20.6 Å². The zero-order valence-corrected chi connectivity index (χ0v) is 17.7. The van der Waals surface area contributed by atoms with Gasteiger partial charge in [-0.1, -0.05) is 18.9 Å². The summed E-state index contributed by atoms with van der Waals surface area (Å²) in [5.74, 6) is 2.84. The highest BCUT2D eigenvalue weighted by molar-refractivity contribution is 5.47. The maximum Gasteiger partial charge on any atom is 0.356 e. The van der Waals surface area contributed by atoms with Gasteiger partial charge in [0.2, 0.25) is 0 Å². The maximum absolute atomic E-state index is 12.9. The number of ether oxygens (including phenoxy) is 3. The molecule has 0 amide bonds. The molecule has 9 heteroatoms. The van der Waals surface area contributed by atoms with Crippen LogP contribution in [0.1, 0.15) is 12.5 Å². The number of aromatic hydroxyl groups is 1. The number of aryl methyl sites for hydroxylation is 1. The van der Waals surface area contributed by atoms with Crippen LogP contribution in [-0.2, 0) is 15.9 Å². The Hall–Kier alpha value is -3.74. The van der Waals surface area contributed by atoms with Gasteiger partial charge in [-0.2, -0.15) is 4.68 Å². The van der Waals surface area contributed by atoms with Gasteiger partial charge in [-0.3, -0.25) is 0 Å². The van der Waals surface area contributed by atoms with Crippen molar-refractivity contribution in [3.8, 4) is 35.2 Å². The maximum atomic E-state index is 12.9. The molecule has 3 rings (SSSR count). The van der Waals surface area contributed by atoms with Crippen molar-refractivity contribution in [2.45, 2.75) is 13.3 Å². The van der Waals surface area contributed by atoms with Crippen LogP contribution in [0.15, 0.2) is 52.1 Å². The van der Waals surface area contributed by atoms with Crippen LogP contribution < -0.4 is 16.1 Å². The Bertz CT molecular complexity index is 1180. The van der Waals surface area contributed by atoms with Crippen molar-refractivity contribution in [3.05, 3.63) is 69.0 Å². The first kappa shape index (κ1) is 22.9. The average Bonchev–Trinajstić information content (AvgIpc) is 3.10. The Morgan fingerprint density at radius 1 is 1.03 bits per heavy atom. The Morgan fingerprint density at radius 2 is 1.75 bits per heavy atom. The number of hydrogen-bond acceptors (Lipinski definition) is 6. The van der Waals surface area contributed by atoms with Gasteiger partial charge in [0, 0.05) is 0 Å². The molecule has 32 heavy (non-hydrogen) atoms. The first-order chi connectivity index (χ1) is 15.5. The number of phenolic OH excluding ortho intramolecular Hbond substituents is 1. The van der Waals surface area contributed by atoms with Crippen molar-refractivity contribution in [1.82, 2.24) is 14.3 Å². The molecule has 1 heterocycles. The lowest BCUT2D eigenvalue weighted by Gasteiger charge is -2.08. The molecule has 0 unspecified atom stereocenters. The molecule has 0 radical (unpaired) electrons. The summed E-state index contributed by atoms with van der Waals surface area (Å²) in [6, 6.07) is 11.4. The molecule has 9 nitrogen and oxygen atoms in total. The van der Waals surface area contributed by atoms with Crippen LogP contribution in [0, 0.1) is 12.3 Å². The third-order valence-corrected chi connectivity index (χ3v) is 4.63. The average molecular weight is 439 g/mol. The van der Waals surface area contributed by atoms with Crippen LogP contribution in [0.5, 0.6) is 11.5 Å². The van der Waals surface area contributed by atoms with Crippen LogP contribution >= 0.6 is 0 Å². The van der Waals surface area contributed by atoms with Crippen LogP contribution in [0.4, 0.5) is 0 Å². The third-order valence-electron chi connectivity index (χ3n) is 4.63. The second-order valence-corrected chi connectivity index (χ2v) is 6.76. The lowest BCUT2D eigenvalue weighted by Crippen LogP contribution is -2.26. The van der Waals surface area contributed by atoms with E-state index in [0.717, 1.165) is 21.2 Å². The monoisotopic (exact) mass is 439 g/mol. The van der Waals surface area contributed by atoms with Crippen LogP contribution in [0.3, 0.4) is 0 Å². The van der Waals surface area contributed by atoms with E-state index in [1.807, 2.05) is 6.92 Å². The summed E-state index contributed by atoms with van der Waals surface area (Å²) in [6.07, 6.45) is 5.80. The summed E-state index contributed by atoms with van der Waals surface area (Å²) in [6.45, 7) is 3.76. The summed E-state index contributed by atoms with van der Waals surface area (Å²) < 4.78 is 18.1. The molecular formula is C23H25N3O6. The number of benzene rings is 2. The van der Waals surface area contributed by atoms with Crippen molar-refractivity contribution in [2.24, 2.45) is 0 Å². The van der Waals surface area contributed by atoms with Crippen molar-refractivity contribution < 1.29 is 19.3 Å². The molecular weight excluding hydrogens is 414 g/mol. The van der Waals surface area contributed by atoms with Crippen LogP contribution in [0.2, 0.25) is 0 Å². The summed E-state index contributed by atoms with van der Waals surface area (Å²) in [7, 11) is 0. The van der Waals surface area contributed by atoms with Gasteiger partial charge in [0.25, 0.3) is 0 Å². The third kappa shape index (κ3) is 5.49. The van der Waals surface area contributed by atoms with Crippen molar-refractivity contribution in [2.75, 3.05) is 33.0 Å². The van der Waals surface area contributed by atoms with Gasteiger partial charge in [0.05, 0.1) is 25.5 Å². The first-order valence-corrected chi connectivity index (χ1v) is 10.1. The van der Waals surface area contributed by atoms with Crippen LogP contribution in [-0.4, -0.2) is 52.5 Å². The quantitative estimate of drug-likeness (QED) is 0.347. The fourth-order valence-corrected chi connectivity index (χ4v) is 3.00. The number of nitrogens with zero attached hydrogens (tertiary/aromatic N) is 2. The number of phenols is 1. The minimum atomic E-state index is -0.620. The Labute approximate surface area is 184 Å². The minimum Gasteiger partial charge on any atom is -0.506 e. The highest BCUT2D eigenvalue weighted by atomic mass is 16.5. The zero-order valence-electron chi connectivity index (χ0n) is 17.7. The molecule has 2 aromatic carbocycles. The normalized spacial score (nSPS) is 10.8. The molecule has 0 atom stereocenters. The fraction of sp³-hybridized carbons (Fsp3) is 0.304. The fourth-order valence-electron chi connectivity index (χ4n) is 3.00. The summed E-state index contributed by atoms with van der Waals surface area (Å²) in [5, 5.41) is 12.6. The van der Waals surface area contributed by atoms with Crippen molar-refractivity contribution >= 4 is 0 Å². The van der Waals surface area contributed by atoms with E-state index in [1.54, 1.807) is 36.4 Å². The van der Waals surface area contributed by atoms with E-state index >= 15 is 0 Å². The van der Waals surface area contributed by atoms with Crippen LogP contribution in [0.25, 0.3) is 11.4 Å². The molecule has 0 aliphatic carbocycles.